The van der Waals surface area contributed by atoms with Crippen molar-refractivity contribution >= 4 is 19.8 Å². The molecule has 5 atom stereocenters. The van der Waals surface area contributed by atoms with Gasteiger partial charge in [-0.1, -0.05) is 114 Å². The van der Waals surface area contributed by atoms with Crippen LogP contribution < -0.4 is 0 Å². The van der Waals surface area contributed by atoms with Crippen LogP contribution in [0.2, 0.25) is 0 Å². The topological polar surface area (TPSA) is 161 Å². The molecule has 0 radical (unpaired) electrons. The third-order valence-electron chi connectivity index (χ3n) is 8.86. The second-order valence-electron chi connectivity index (χ2n) is 14.0. The molecule has 3 unspecified atom stereocenters. The van der Waals surface area contributed by atoms with Gasteiger partial charge in [0.15, 0.2) is 6.10 Å². The Morgan fingerprint density at radius 2 is 1.15 bits per heavy atom. The van der Waals surface area contributed by atoms with E-state index >= 15 is 0 Å². The molecule has 0 aromatic heterocycles. The minimum Gasteiger partial charge on any atom is -0.462 e. The fourth-order valence-corrected chi connectivity index (χ4v) is 6.28. The zero-order chi connectivity index (χ0) is 39.5. The molecule has 0 saturated carbocycles. The number of epoxide rings is 1. The maximum atomic E-state index is 12.6. The van der Waals surface area contributed by atoms with Crippen LogP contribution in [0.5, 0.6) is 0 Å². The second kappa shape index (κ2) is 34.2. The Bertz CT molecular complexity index is 1110. The number of esters is 2. The Labute approximate surface area is 326 Å². The molecule has 1 aliphatic rings. The molecule has 12 heteroatoms. The van der Waals surface area contributed by atoms with Gasteiger partial charge in [0.2, 0.25) is 0 Å². The molecule has 0 aliphatic carbocycles. The number of hydrogen-bond donors (Lipinski definition) is 3. The van der Waals surface area contributed by atoms with Gasteiger partial charge in [-0.05, 0) is 77.0 Å². The highest BCUT2D eigenvalue weighted by atomic mass is 31.2. The molecule has 0 aromatic rings. The molecule has 0 aromatic carbocycles. The first kappa shape index (κ1) is 49.9. The Balaban J connectivity index is 2.31. The maximum absolute atomic E-state index is 12.6. The van der Waals surface area contributed by atoms with Gasteiger partial charge >= 0.3 is 19.8 Å². The summed E-state index contributed by atoms with van der Waals surface area (Å²) in [6.07, 6.45) is 36.8. The summed E-state index contributed by atoms with van der Waals surface area (Å²) in [6.45, 7) is 2.23. The number of phosphoric ester groups is 1. The summed E-state index contributed by atoms with van der Waals surface area (Å²) >= 11 is 0. The van der Waals surface area contributed by atoms with Crippen molar-refractivity contribution in [1.29, 1.82) is 0 Å². The molecule has 0 bridgehead atoms. The van der Waals surface area contributed by atoms with Crippen molar-refractivity contribution in [2.24, 2.45) is 0 Å². The third-order valence-corrected chi connectivity index (χ3v) is 9.81. The smallest absolute Gasteiger partial charge is 0.462 e. The van der Waals surface area contributed by atoms with Gasteiger partial charge in [0, 0.05) is 12.8 Å². The van der Waals surface area contributed by atoms with Crippen LogP contribution in [0.25, 0.3) is 0 Å². The normalized spacial score (nSPS) is 18.2. The van der Waals surface area contributed by atoms with Crippen molar-refractivity contribution in [2.75, 3.05) is 26.4 Å². The van der Waals surface area contributed by atoms with E-state index in [4.69, 9.17) is 23.8 Å². The first-order chi connectivity index (χ1) is 26.2. The average Bonchev–Trinajstić information content (AvgIpc) is 3.92. The number of carbonyl (C=O) groups excluding carboxylic acids is 2. The van der Waals surface area contributed by atoms with Crippen molar-refractivity contribution in [1.82, 2.24) is 0 Å². The van der Waals surface area contributed by atoms with E-state index in [9.17, 15) is 24.2 Å². The first-order valence-corrected chi connectivity index (χ1v) is 22.2. The van der Waals surface area contributed by atoms with Crippen molar-refractivity contribution < 1.29 is 52.5 Å². The van der Waals surface area contributed by atoms with Gasteiger partial charge in [0.25, 0.3) is 0 Å². The van der Waals surface area contributed by atoms with Crippen LogP contribution in [0.15, 0.2) is 48.6 Å². The predicted molar refractivity (Wildman–Crippen MR) is 214 cm³/mol. The van der Waals surface area contributed by atoms with Crippen LogP contribution in [0.4, 0.5) is 0 Å². The highest BCUT2D eigenvalue weighted by molar-refractivity contribution is 7.47. The van der Waals surface area contributed by atoms with E-state index in [-0.39, 0.29) is 19.4 Å². The lowest BCUT2D eigenvalue weighted by Gasteiger charge is -2.20. The molecule has 0 amide bonds. The molecule has 1 rings (SSSR count). The van der Waals surface area contributed by atoms with Gasteiger partial charge in [-0.3, -0.25) is 18.6 Å². The van der Waals surface area contributed by atoms with Crippen molar-refractivity contribution in [3.8, 4) is 0 Å². The lowest BCUT2D eigenvalue weighted by Crippen LogP contribution is -2.29. The zero-order valence-electron chi connectivity index (χ0n) is 33.4. The van der Waals surface area contributed by atoms with Crippen LogP contribution in [0, 0.1) is 0 Å². The zero-order valence-corrected chi connectivity index (χ0v) is 34.3. The van der Waals surface area contributed by atoms with Gasteiger partial charge in [-0.15, -0.1) is 0 Å². The van der Waals surface area contributed by atoms with Gasteiger partial charge in [0.05, 0.1) is 32.0 Å². The van der Waals surface area contributed by atoms with Crippen LogP contribution in [0.3, 0.4) is 0 Å². The fourth-order valence-electron chi connectivity index (χ4n) is 5.49. The number of hydrogen-bond acceptors (Lipinski definition) is 10. The molecule has 1 saturated heterocycles. The molecule has 54 heavy (non-hydrogen) atoms. The van der Waals surface area contributed by atoms with E-state index < -0.39 is 51.8 Å². The third kappa shape index (κ3) is 31.1. The van der Waals surface area contributed by atoms with Crippen LogP contribution in [0.1, 0.15) is 155 Å². The lowest BCUT2D eigenvalue weighted by atomic mass is 10.1. The van der Waals surface area contributed by atoms with Crippen molar-refractivity contribution in [3.63, 3.8) is 0 Å². The summed E-state index contributed by atoms with van der Waals surface area (Å²) in [4.78, 5) is 34.9. The summed E-state index contributed by atoms with van der Waals surface area (Å²) in [7, 11) is -4.63. The predicted octanol–water partition coefficient (Wildman–Crippen LogP) is 9.54. The van der Waals surface area contributed by atoms with Crippen molar-refractivity contribution in [2.45, 2.75) is 180 Å². The van der Waals surface area contributed by atoms with Crippen molar-refractivity contribution in [3.05, 3.63) is 48.6 Å². The van der Waals surface area contributed by atoms with Crippen LogP contribution in [-0.2, 0) is 37.4 Å². The molecule has 11 nitrogen and oxygen atoms in total. The molecule has 3 N–H and O–H groups in total. The highest BCUT2D eigenvalue weighted by Gasteiger charge is 2.36. The monoisotopic (exact) mass is 784 g/mol. The van der Waals surface area contributed by atoms with Gasteiger partial charge < -0.3 is 29.3 Å². The van der Waals surface area contributed by atoms with E-state index in [2.05, 4.69) is 60.9 Å². The number of phosphoric acid groups is 1. The molecule has 312 valence electrons. The number of unbranched alkanes of at least 4 members (excludes halogenated alkanes) is 13. The maximum Gasteiger partial charge on any atom is 0.472 e. The highest BCUT2D eigenvalue weighted by Crippen LogP contribution is 2.43. The van der Waals surface area contributed by atoms with E-state index in [1.807, 2.05) is 6.08 Å². The molecule has 1 heterocycles. The minimum atomic E-state index is -4.63. The first-order valence-electron chi connectivity index (χ1n) is 20.7. The standard InChI is InChI=1S/C42H73O11P/c1-3-5-7-9-11-12-13-14-15-16-19-24-28-32-42(46)52-38(36-51-54(47,48)50-34-37(44)33-43)35-49-41(45)31-27-23-20-17-18-22-26-30-40-39(53-40)29-25-21-10-8-6-4-2/h12-13,17,20-22,25-26,37-40,43-44H,3-11,14-16,18-19,23-24,27-36H2,1-2H3,(H,47,48)/b13-12-,20-17-,25-21-,26-22-/t37-,38+,39?,40?/m0/s1. The van der Waals surface area contributed by atoms with Crippen LogP contribution in [-0.4, -0.2) is 77.9 Å². The van der Waals surface area contributed by atoms with Crippen LogP contribution >= 0.6 is 7.82 Å². The van der Waals surface area contributed by atoms with Gasteiger partial charge in [-0.2, -0.15) is 0 Å². The number of carbonyl (C=O) groups is 2. The Morgan fingerprint density at radius 1 is 0.648 bits per heavy atom. The molecule has 0 spiro atoms. The van der Waals surface area contributed by atoms with Gasteiger partial charge in [0.1, 0.15) is 12.7 Å². The molecular formula is C42H73O11P. The number of allylic oxidation sites excluding steroid dienone is 6. The SMILES string of the molecule is CCCCC/C=C\CC1OC1C/C=C\C/C=C\CCCC(=O)OC[C@H](COP(=O)(O)OC[C@@H](O)CO)OC(=O)CCCCCCC/C=C\CCCCCC. The summed E-state index contributed by atoms with van der Waals surface area (Å²) in [6, 6.07) is 0. The Morgan fingerprint density at radius 3 is 1.83 bits per heavy atom. The average molecular weight is 785 g/mol. The molecule has 1 fully saturated rings. The largest absolute Gasteiger partial charge is 0.472 e. The fraction of sp³-hybridized carbons (Fsp3) is 0.762. The summed E-state index contributed by atoms with van der Waals surface area (Å²) in [5.41, 5.74) is 0. The second-order valence-corrected chi connectivity index (χ2v) is 15.5. The summed E-state index contributed by atoms with van der Waals surface area (Å²) < 4.78 is 38.3. The lowest BCUT2D eigenvalue weighted by molar-refractivity contribution is -0.161. The number of aliphatic hydroxyl groups excluding tert-OH is 2. The molecular weight excluding hydrogens is 711 g/mol. The quantitative estimate of drug-likeness (QED) is 0.0181. The van der Waals surface area contributed by atoms with E-state index in [1.54, 1.807) is 0 Å². The van der Waals surface area contributed by atoms with E-state index in [1.165, 1.54) is 44.9 Å². The summed E-state index contributed by atoms with van der Waals surface area (Å²) in [5, 5.41) is 18.3. The Hall–Kier alpha value is -2.11. The van der Waals surface area contributed by atoms with Gasteiger partial charge in [-0.25, -0.2) is 4.57 Å². The number of ether oxygens (including phenoxy) is 3. The Kier molecular flexibility index (Phi) is 31.6. The van der Waals surface area contributed by atoms with E-state index in [0.29, 0.717) is 31.5 Å². The number of aliphatic hydroxyl groups is 2. The van der Waals surface area contributed by atoms with E-state index in [0.717, 1.165) is 64.2 Å². The number of rotatable bonds is 37. The summed E-state index contributed by atoms with van der Waals surface area (Å²) in [5.74, 6) is -1.01. The minimum absolute atomic E-state index is 0.157. The molecule has 1 aliphatic heterocycles.